The van der Waals surface area contributed by atoms with Gasteiger partial charge in [0.2, 0.25) is 23.6 Å². The molecular formula is C17H29N5O7S. The van der Waals surface area contributed by atoms with E-state index in [0.29, 0.717) is 12.2 Å². The number of nitrogens with two attached hydrogens (primary N) is 2. The summed E-state index contributed by atoms with van der Waals surface area (Å²) in [7, 11) is 0. The Balaban J connectivity index is 2.97. The van der Waals surface area contributed by atoms with Crippen LogP contribution >= 0.6 is 11.8 Å². The summed E-state index contributed by atoms with van der Waals surface area (Å²) in [4.78, 5) is 61.5. The van der Waals surface area contributed by atoms with E-state index in [2.05, 4.69) is 10.6 Å². The van der Waals surface area contributed by atoms with Gasteiger partial charge in [-0.15, -0.1) is 0 Å². The highest BCUT2D eigenvalue weighted by molar-refractivity contribution is 7.98. The minimum atomic E-state index is -1.37. The second-order valence-corrected chi connectivity index (χ2v) is 7.88. The number of hydrogen-bond donors (Lipinski definition) is 6. The second-order valence-electron chi connectivity index (χ2n) is 6.89. The van der Waals surface area contributed by atoms with Crippen molar-refractivity contribution in [3.05, 3.63) is 0 Å². The largest absolute Gasteiger partial charge is 0.480 e. The third-order valence-corrected chi connectivity index (χ3v) is 5.26. The van der Waals surface area contributed by atoms with Gasteiger partial charge in [-0.05, 0) is 31.3 Å². The Labute approximate surface area is 178 Å². The molecule has 12 nitrogen and oxygen atoms in total. The standard InChI is InChI=1S/C17H29N5O7S/c1-30-6-4-10(20-14(25)9(18)8-23)15(26)21-11(7-13(19)24)16(27)22-5-2-3-12(22)17(28)29/h9-12,23H,2-8,18H2,1H3,(H2,19,24)(H,20,25)(H,21,26)(H,28,29). The average Bonchev–Trinajstić information content (AvgIpc) is 3.18. The molecule has 0 aromatic carbocycles. The van der Waals surface area contributed by atoms with Crippen LogP contribution in [0.15, 0.2) is 0 Å². The number of amides is 4. The van der Waals surface area contributed by atoms with E-state index in [-0.39, 0.29) is 19.4 Å². The van der Waals surface area contributed by atoms with Gasteiger partial charge in [0.05, 0.1) is 13.0 Å². The number of likely N-dealkylation sites (tertiary alicyclic amines) is 1. The number of carboxylic acids is 1. The number of carboxylic acid groups (broad SMARTS) is 1. The first-order valence-corrected chi connectivity index (χ1v) is 10.8. The molecule has 13 heteroatoms. The highest BCUT2D eigenvalue weighted by Gasteiger charge is 2.38. The Kier molecular flexibility index (Phi) is 10.6. The maximum absolute atomic E-state index is 12.8. The summed E-state index contributed by atoms with van der Waals surface area (Å²) in [5.41, 5.74) is 10.7. The molecule has 0 bridgehead atoms. The number of rotatable bonds is 12. The second kappa shape index (κ2) is 12.3. The minimum absolute atomic E-state index is 0.179. The van der Waals surface area contributed by atoms with Gasteiger partial charge in [-0.3, -0.25) is 19.2 Å². The van der Waals surface area contributed by atoms with Crippen LogP contribution in [0, 0.1) is 0 Å². The van der Waals surface area contributed by atoms with Crippen LogP contribution in [0.2, 0.25) is 0 Å². The van der Waals surface area contributed by atoms with Crippen LogP contribution in [-0.2, 0) is 24.0 Å². The fourth-order valence-electron chi connectivity index (χ4n) is 3.03. The molecule has 1 aliphatic rings. The molecule has 0 aliphatic carbocycles. The van der Waals surface area contributed by atoms with Crippen molar-refractivity contribution in [2.75, 3.05) is 25.2 Å². The highest BCUT2D eigenvalue weighted by Crippen LogP contribution is 2.19. The maximum atomic E-state index is 12.8. The molecule has 0 saturated carbocycles. The van der Waals surface area contributed by atoms with E-state index in [1.807, 2.05) is 0 Å². The van der Waals surface area contributed by atoms with Crippen LogP contribution in [-0.4, -0.2) is 94.0 Å². The summed E-state index contributed by atoms with van der Waals surface area (Å²) in [5.74, 6) is -3.75. The van der Waals surface area contributed by atoms with E-state index in [9.17, 15) is 29.1 Å². The zero-order valence-electron chi connectivity index (χ0n) is 16.7. The third-order valence-electron chi connectivity index (χ3n) is 4.62. The van der Waals surface area contributed by atoms with Gasteiger partial charge in [0.1, 0.15) is 24.2 Å². The van der Waals surface area contributed by atoms with Crippen LogP contribution < -0.4 is 22.1 Å². The normalized spacial score (nSPS) is 18.9. The molecule has 170 valence electrons. The first-order valence-electron chi connectivity index (χ1n) is 9.40. The summed E-state index contributed by atoms with van der Waals surface area (Å²) >= 11 is 1.42. The van der Waals surface area contributed by atoms with Crippen molar-refractivity contribution in [1.82, 2.24) is 15.5 Å². The number of primary amides is 1. The highest BCUT2D eigenvalue weighted by atomic mass is 32.2. The fraction of sp³-hybridized carbons (Fsp3) is 0.706. The van der Waals surface area contributed by atoms with Crippen molar-refractivity contribution in [2.45, 2.75) is 49.9 Å². The predicted molar refractivity (Wildman–Crippen MR) is 108 cm³/mol. The van der Waals surface area contributed by atoms with Crippen LogP contribution in [0.25, 0.3) is 0 Å². The number of nitrogens with one attached hydrogen (secondary N) is 2. The number of hydrogen-bond acceptors (Lipinski definition) is 8. The number of thioether (sulfide) groups is 1. The Morgan fingerprint density at radius 1 is 1.17 bits per heavy atom. The number of aliphatic hydroxyl groups excluding tert-OH is 1. The van der Waals surface area contributed by atoms with Gasteiger partial charge in [0.15, 0.2) is 0 Å². The average molecular weight is 448 g/mol. The summed E-state index contributed by atoms with van der Waals surface area (Å²) in [6.45, 7) is -0.435. The van der Waals surface area contributed by atoms with Crippen molar-refractivity contribution in [1.29, 1.82) is 0 Å². The number of aliphatic hydroxyl groups is 1. The SMILES string of the molecule is CSCCC(NC(=O)C(N)CO)C(=O)NC(CC(N)=O)C(=O)N1CCCC1C(=O)O. The Hall–Kier alpha value is -2.38. The number of carbonyl (C=O) groups is 5. The van der Waals surface area contributed by atoms with Gasteiger partial charge in [-0.1, -0.05) is 0 Å². The zero-order valence-corrected chi connectivity index (χ0v) is 17.5. The van der Waals surface area contributed by atoms with Crippen molar-refractivity contribution in [3.63, 3.8) is 0 Å². The molecule has 0 aromatic heterocycles. The Bertz CT molecular complexity index is 662. The van der Waals surface area contributed by atoms with Crippen LogP contribution in [0.4, 0.5) is 0 Å². The molecule has 0 radical (unpaired) electrons. The van der Waals surface area contributed by atoms with Gasteiger partial charge in [0.25, 0.3) is 0 Å². The third kappa shape index (κ3) is 7.46. The summed E-state index contributed by atoms with van der Waals surface area (Å²) in [6, 6.07) is -4.70. The lowest BCUT2D eigenvalue weighted by Crippen LogP contribution is -2.58. The van der Waals surface area contributed by atoms with E-state index in [4.69, 9.17) is 16.6 Å². The van der Waals surface area contributed by atoms with Gasteiger partial charge in [-0.25, -0.2) is 4.79 Å². The fourth-order valence-corrected chi connectivity index (χ4v) is 3.50. The van der Waals surface area contributed by atoms with E-state index in [1.54, 1.807) is 6.26 Å². The summed E-state index contributed by atoms with van der Waals surface area (Å²) in [5, 5.41) is 23.1. The van der Waals surface area contributed by atoms with Crippen LogP contribution in [0.1, 0.15) is 25.7 Å². The molecule has 0 aromatic rings. The predicted octanol–water partition coefficient (Wildman–Crippen LogP) is -3.02. The minimum Gasteiger partial charge on any atom is -0.480 e. The van der Waals surface area contributed by atoms with E-state index >= 15 is 0 Å². The van der Waals surface area contributed by atoms with Crippen LogP contribution in [0.5, 0.6) is 0 Å². The Morgan fingerprint density at radius 3 is 2.33 bits per heavy atom. The topological polar surface area (TPSA) is 205 Å². The molecule has 8 N–H and O–H groups in total. The van der Waals surface area contributed by atoms with E-state index in [1.165, 1.54) is 11.8 Å². The molecule has 30 heavy (non-hydrogen) atoms. The number of carbonyl (C=O) groups excluding carboxylic acids is 4. The first kappa shape index (κ1) is 25.7. The molecule has 1 saturated heterocycles. The zero-order chi connectivity index (χ0) is 22.8. The van der Waals surface area contributed by atoms with Crippen molar-refractivity contribution in [3.8, 4) is 0 Å². The molecule has 1 fully saturated rings. The lowest BCUT2D eigenvalue weighted by molar-refractivity contribution is -0.149. The number of nitrogens with zero attached hydrogens (tertiary/aromatic N) is 1. The smallest absolute Gasteiger partial charge is 0.326 e. The van der Waals surface area contributed by atoms with Gasteiger partial charge >= 0.3 is 5.97 Å². The molecule has 4 atom stereocenters. The van der Waals surface area contributed by atoms with Gasteiger partial charge in [0, 0.05) is 6.54 Å². The van der Waals surface area contributed by atoms with Gasteiger partial charge in [-0.2, -0.15) is 11.8 Å². The summed E-state index contributed by atoms with van der Waals surface area (Å²) in [6.07, 6.45) is 2.23. The molecule has 4 unspecified atom stereocenters. The summed E-state index contributed by atoms with van der Waals surface area (Å²) < 4.78 is 0. The van der Waals surface area contributed by atoms with Gasteiger partial charge < -0.3 is 37.2 Å². The lowest BCUT2D eigenvalue weighted by atomic mass is 10.1. The van der Waals surface area contributed by atoms with Crippen molar-refractivity contribution in [2.24, 2.45) is 11.5 Å². The van der Waals surface area contributed by atoms with Crippen LogP contribution in [0.3, 0.4) is 0 Å². The molecule has 4 amide bonds. The molecule has 1 aliphatic heterocycles. The molecule has 1 rings (SSSR count). The quantitative estimate of drug-likeness (QED) is 0.180. The molecule has 1 heterocycles. The van der Waals surface area contributed by atoms with Crippen molar-refractivity contribution < 1.29 is 34.2 Å². The molecule has 0 spiro atoms. The number of aliphatic carboxylic acids is 1. The molecular weight excluding hydrogens is 418 g/mol. The van der Waals surface area contributed by atoms with E-state index in [0.717, 1.165) is 4.90 Å². The lowest BCUT2D eigenvalue weighted by Gasteiger charge is -2.28. The monoisotopic (exact) mass is 447 g/mol. The van der Waals surface area contributed by atoms with Crippen molar-refractivity contribution >= 4 is 41.4 Å². The maximum Gasteiger partial charge on any atom is 0.326 e. The van der Waals surface area contributed by atoms with E-state index < -0.39 is 66.8 Å². The first-order chi connectivity index (χ1) is 14.1. The Morgan fingerprint density at radius 2 is 1.80 bits per heavy atom.